The van der Waals surface area contributed by atoms with Gasteiger partial charge in [0.1, 0.15) is 5.82 Å². The second-order valence-electron chi connectivity index (χ2n) is 8.41. The number of anilines is 3. The highest BCUT2D eigenvalue weighted by Crippen LogP contribution is 2.29. The van der Waals surface area contributed by atoms with Crippen molar-refractivity contribution in [3.8, 4) is 0 Å². The lowest BCUT2D eigenvalue weighted by molar-refractivity contribution is -0.124. The molecule has 0 saturated carbocycles. The van der Waals surface area contributed by atoms with Gasteiger partial charge in [0.25, 0.3) is 5.56 Å². The highest BCUT2D eigenvalue weighted by molar-refractivity contribution is 6.05. The normalized spacial score (nSPS) is 15.8. The number of nitrogens with zero attached hydrogens (tertiary/aromatic N) is 3. The summed E-state index contributed by atoms with van der Waals surface area (Å²) in [6.07, 6.45) is 3.05. The molecule has 1 aliphatic heterocycles. The Hall–Kier alpha value is -3.36. The summed E-state index contributed by atoms with van der Waals surface area (Å²) in [5.74, 6) is -1.09. The number of amides is 2. The number of carbonyl (C=O) groups is 2. The van der Waals surface area contributed by atoms with Crippen molar-refractivity contribution in [3.05, 3.63) is 50.7 Å². The molecule has 1 saturated heterocycles. The Morgan fingerprint density at radius 2 is 1.82 bits per heavy atom. The molecule has 1 fully saturated rings. The summed E-state index contributed by atoms with van der Waals surface area (Å²) in [4.78, 5) is 56.6. The summed E-state index contributed by atoms with van der Waals surface area (Å²) in [6.45, 7) is 6.78. The molecule has 178 valence electrons. The van der Waals surface area contributed by atoms with Crippen molar-refractivity contribution in [1.82, 2.24) is 9.55 Å². The van der Waals surface area contributed by atoms with E-state index in [1.165, 1.54) is 15.0 Å². The van der Waals surface area contributed by atoms with E-state index in [4.69, 9.17) is 5.73 Å². The van der Waals surface area contributed by atoms with Gasteiger partial charge in [0, 0.05) is 31.7 Å². The van der Waals surface area contributed by atoms with Gasteiger partial charge in [-0.1, -0.05) is 39.3 Å². The molecule has 0 aliphatic carbocycles. The summed E-state index contributed by atoms with van der Waals surface area (Å²) < 4.78 is 1.28. The van der Waals surface area contributed by atoms with Gasteiger partial charge in [0.15, 0.2) is 5.69 Å². The van der Waals surface area contributed by atoms with E-state index in [1.807, 2.05) is 38.1 Å². The topological polar surface area (TPSA) is 121 Å². The third kappa shape index (κ3) is 5.02. The van der Waals surface area contributed by atoms with E-state index in [9.17, 15) is 19.2 Å². The van der Waals surface area contributed by atoms with E-state index in [0.29, 0.717) is 19.4 Å². The van der Waals surface area contributed by atoms with Gasteiger partial charge >= 0.3 is 5.69 Å². The second-order valence-corrected chi connectivity index (χ2v) is 8.41. The van der Waals surface area contributed by atoms with Gasteiger partial charge in [0.2, 0.25) is 11.8 Å². The summed E-state index contributed by atoms with van der Waals surface area (Å²) >= 11 is 0. The number of hydrogen-bond acceptors (Lipinski definition) is 5. The number of nitrogen functional groups attached to an aromatic ring is 1. The summed E-state index contributed by atoms with van der Waals surface area (Å²) in [5.41, 5.74) is 6.85. The zero-order chi connectivity index (χ0) is 24.1. The van der Waals surface area contributed by atoms with Crippen molar-refractivity contribution in [2.45, 2.75) is 59.4 Å². The first-order valence-corrected chi connectivity index (χ1v) is 11.7. The van der Waals surface area contributed by atoms with Gasteiger partial charge in [-0.2, -0.15) is 0 Å². The first-order valence-electron chi connectivity index (χ1n) is 11.7. The average Bonchev–Trinajstić information content (AvgIpc) is 3.19. The predicted octanol–water partition coefficient (Wildman–Crippen LogP) is 2.28. The summed E-state index contributed by atoms with van der Waals surface area (Å²) in [6, 6.07) is 7.73. The largest absolute Gasteiger partial charge is 0.383 e. The number of aryl methyl sites for hydroxylation is 1. The van der Waals surface area contributed by atoms with Crippen LogP contribution in [0.25, 0.3) is 0 Å². The fourth-order valence-corrected chi connectivity index (χ4v) is 4.19. The number of hydrogen-bond donors (Lipinski definition) is 2. The average molecular weight is 456 g/mol. The number of carbonyl (C=O) groups excluding carboxylic acids is 2. The number of benzene rings is 1. The van der Waals surface area contributed by atoms with Crippen LogP contribution >= 0.6 is 0 Å². The number of rotatable bonds is 9. The number of aromatic nitrogens is 2. The lowest BCUT2D eigenvalue weighted by Crippen LogP contribution is -2.44. The van der Waals surface area contributed by atoms with Gasteiger partial charge in [-0.25, -0.2) is 4.79 Å². The van der Waals surface area contributed by atoms with E-state index in [0.717, 1.165) is 18.5 Å². The number of nitrogens with two attached hydrogens (primary N) is 1. The monoisotopic (exact) mass is 455 g/mol. The van der Waals surface area contributed by atoms with Gasteiger partial charge < -0.3 is 15.5 Å². The van der Waals surface area contributed by atoms with Crippen molar-refractivity contribution < 1.29 is 9.59 Å². The first kappa shape index (κ1) is 24.3. The first-order chi connectivity index (χ1) is 15.8. The molecule has 2 amide bonds. The van der Waals surface area contributed by atoms with Crippen LogP contribution in [-0.4, -0.2) is 34.5 Å². The number of nitrogens with one attached hydrogen (secondary N) is 1. The number of aromatic amines is 1. The number of unbranched alkanes of at least 4 members (excludes halogenated alkanes) is 1. The molecule has 1 aromatic carbocycles. The Kier molecular flexibility index (Phi) is 7.73. The maximum Gasteiger partial charge on any atom is 0.330 e. The highest BCUT2D eigenvalue weighted by atomic mass is 16.2. The molecule has 0 spiro atoms. The minimum Gasteiger partial charge on any atom is -0.383 e. The molecule has 2 aromatic rings. The van der Waals surface area contributed by atoms with Crippen LogP contribution in [0.5, 0.6) is 0 Å². The quantitative estimate of drug-likeness (QED) is 0.601. The van der Waals surface area contributed by atoms with Crippen LogP contribution in [0.4, 0.5) is 17.2 Å². The molecule has 1 aliphatic rings. The fourth-order valence-electron chi connectivity index (χ4n) is 4.19. The molecule has 9 heteroatoms. The third-order valence-electron chi connectivity index (χ3n) is 6.06. The molecule has 33 heavy (non-hydrogen) atoms. The van der Waals surface area contributed by atoms with E-state index < -0.39 is 17.2 Å². The van der Waals surface area contributed by atoms with Crippen LogP contribution in [0.2, 0.25) is 0 Å². The smallest absolute Gasteiger partial charge is 0.330 e. The van der Waals surface area contributed by atoms with E-state index in [1.54, 1.807) is 4.90 Å². The van der Waals surface area contributed by atoms with Crippen LogP contribution in [0.3, 0.4) is 0 Å². The van der Waals surface area contributed by atoms with Crippen LogP contribution in [0.15, 0.2) is 33.9 Å². The minimum absolute atomic E-state index is 0.0142. The standard InChI is InChI=1S/C24H33N5O4/c1-4-7-13-27(20-21(25)28(12-5-2)24(33)26-22(20)31)23(32)17-14-19(30)29(15-17)18-10-8-16(6-3)9-11-18/h8-11,17H,4-7,12-15,25H2,1-3H3,(H,26,31,33)/t17-/m0/s1. The fraction of sp³-hybridized carbons (Fsp3) is 0.500. The molecule has 0 radical (unpaired) electrons. The van der Waals surface area contributed by atoms with Gasteiger partial charge in [0.05, 0.1) is 5.92 Å². The van der Waals surface area contributed by atoms with Gasteiger partial charge in [-0.15, -0.1) is 0 Å². The maximum absolute atomic E-state index is 13.6. The zero-order valence-corrected chi connectivity index (χ0v) is 19.6. The lowest BCUT2D eigenvalue weighted by Gasteiger charge is -2.27. The molecular formula is C24H33N5O4. The van der Waals surface area contributed by atoms with Crippen molar-refractivity contribution in [2.75, 3.05) is 28.6 Å². The van der Waals surface area contributed by atoms with Gasteiger partial charge in [-0.3, -0.25) is 23.9 Å². The zero-order valence-electron chi connectivity index (χ0n) is 19.6. The van der Waals surface area contributed by atoms with Crippen LogP contribution in [-0.2, 0) is 22.6 Å². The Labute approximate surface area is 193 Å². The Morgan fingerprint density at radius 1 is 1.12 bits per heavy atom. The molecule has 1 aromatic heterocycles. The molecule has 0 unspecified atom stereocenters. The lowest BCUT2D eigenvalue weighted by atomic mass is 10.1. The van der Waals surface area contributed by atoms with Crippen LogP contribution in [0, 0.1) is 5.92 Å². The Morgan fingerprint density at radius 3 is 2.42 bits per heavy atom. The summed E-state index contributed by atoms with van der Waals surface area (Å²) in [5, 5.41) is 0. The van der Waals surface area contributed by atoms with Crippen molar-refractivity contribution in [3.63, 3.8) is 0 Å². The molecule has 3 N–H and O–H groups in total. The minimum atomic E-state index is -0.689. The van der Waals surface area contributed by atoms with Crippen LogP contribution < -0.4 is 26.8 Å². The molecule has 3 rings (SSSR count). The van der Waals surface area contributed by atoms with Crippen molar-refractivity contribution in [2.24, 2.45) is 5.92 Å². The Bertz CT molecular complexity index is 1120. The number of H-pyrrole nitrogens is 1. The molecule has 1 atom stereocenters. The molecule has 2 heterocycles. The van der Waals surface area contributed by atoms with E-state index in [2.05, 4.69) is 11.9 Å². The SMILES string of the molecule is CCCCN(C(=O)[C@H]1CC(=O)N(c2ccc(CC)cc2)C1)c1c(N)n(CCC)c(=O)[nH]c1=O. The molecule has 0 bridgehead atoms. The Balaban J connectivity index is 1.93. The highest BCUT2D eigenvalue weighted by Gasteiger charge is 2.38. The maximum atomic E-state index is 13.6. The summed E-state index contributed by atoms with van der Waals surface area (Å²) in [7, 11) is 0. The predicted molar refractivity (Wildman–Crippen MR) is 130 cm³/mol. The second kappa shape index (κ2) is 10.5. The van der Waals surface area contributed by atoms with E-state index in [-0.39, 0.29) is 42.8 Å². The van der Waals surface area contributed by atoms with E-state index >= 15 is 0 Å². The molecular weight excluding hydrogens is 422 g/mol. The van der Waals surface area contributed by atoms with Gasteiger partial charge in [-0.05, 0) is 37.0 Å². The van der Waals surface area contributed by atoms with Crippen molar-refractivity contribution >= 4 is 29.0 Å². The van der Waals surface area contributed by atoms with Crippen molar-refractivity contribution in [1.29, 1.82) is 0 Å². The third-order valence-corrected chi connectivity index (χ3v) is 6.06. The molecule has 9 nitrogen and oxygen atoms in total. The van der Waals surface area contributed by atoms with Crippen LogP contribution in [0.1, 0.15) is 52.0 Å².